The molecular weight excluding hydrogens is 1180 g/mol. The Labute approximate surface area is 512 Å². The number of aliphatic hydroxyl groups excluding tert-OH is 7. The molecule has 9 heterocycles. The Morgan fingerprint density at radius 2 is 1.64 bits per heavy atom. The molecule has 4 fully saturated rings. The van der Waals surface area contributed by atoms with Crippen molar-refractivity contribution in [3.63, 3.8) is 0 Å². The van der Waals surface area contributed by atoms with E-state index in [1.54, 1.807) is 18.3 Å². The highest BCUT2D eigenvalue weighted by atomic mass is 16.8. The Bertz CT molecular complexity index is 3910. The predicted octanol–water partition coefficient (Wildman–Crippen LogP) is -0.0693. The number of carboxylic acids is 1. The van der Waals surface area contributed by atoms with Crippen LogP contribution in [-0.4, -0.2) is 185 Å². The maximum atomic E-state index is 16.3. The van der Waals surface area contributed by atoms with E-state index in [2.05, 4.69) is 46.2 Å². The van der Waals surface area contributed by atoms with E-state index in [0.29, 0.717) is 29.9 Å². The molecule has 0 radical (unpaired) electrons. The smallest absolute Gasteiger partial charge is 0.354 e. The number of phenols is 3. The summed E-state index contributed by atoms with van der Waals surface area (Å²) >= 11 is 0. The molecule has 4 bridgehead atoms. The third-order valence-electron chi connectivity index (χ3n) is 19.3. The summed E-state index contributed by atoms with van der Waals surface area (Å²) in [5, 5.41) is 170. The molecule has 90 heavy (non-hydrogen) atoms. The van der Waals surface area contributed by atoms with Gasteiger partial charge in [-0.3, -0.25) is 14.9 Å². The van der Waals surface area contributed by atoms with E-state index in [1.165, 1.54) is 12.1 Å². The number of aromatic hydroxyl groups is 3. The van der Waals surface area contributed by atoms with E-state index < -0.39 is 179 Å². The second-order valence-electron chi connectivity index (χ2n) is 24.9. The number of aromatic amines is 1. The minimum absolute atomic E-state index is 0.0241. The molecule has 2 aromatic heterocycles. The number of esters is 1. The molecule has 13 unspecified atom stereocenters. The lowest BCUT2D eigenvalue weighted by Crippen LogP contribution is -2.81. The number of carboxylic acid groups (broad SMARTS) is 1. The Balaban J connectivity index is 1.16. The van der Waals surface area contributed by atoms with E-state index in [9.17, 15) is 85.9 Å². The number of piperidine rings is 1. The molecule has 17 N–H and O–H groups in total. The number of aromatic nitrogens is 1. The van der Waals surface area contributed by atoms with Crippen LogP contribution in [0, 0.1) is 41.4 Å². The van der Waals surface area contributed by atoms with Gasteiger partial charge in [-0.05, 0) is 78.8 Å². The van der Waals surface area contributed by atoms with Crippen molar-refractivity contribution >= 4 is 28.7 Å². The molecule has 26 heteroatoms. The maximum absolute atomic E-state index is 16.3. The normalized spacial score (nSPS) is 33.0. The van der Waals surface area contributed by atoms with Crippen LogP contribution in [0.4, 0.5) is 0 Å². The number of hydrogen-bond acceptors (Lipinski definition) is 24. The van der Waals surface area contributed by atoms with Gasteiger partial charge >= 0.3 is 11.9 Å². The average Bonchev–Trinajstić information content (AvgIpc) is 1.09. The number of Topliss-reactive ketones (excluding diaryl/α,β-unsaturated/α-hetero) is 1. The number of allylic oxidation sites excluding steroid dienone is 4. The molecule has 0 amide bonds. The van der Waals surface area contributed by atoms with Gasteiger partial charge in [0.05, 0.1) is 12.6 Å². The molecule has 3 saturated heterocycles. The summed E-state index contributed by atoms with van der Waals surface area (Å²) < 4.78 is 32.6. The number of phenolic OH excluding ortho intramolecular Hbond substituents is 3. The summed E-state index contributed by atoms with van der Waals surface area (Å²) in [5.41, 5.74) is -9.45. The lowest BCUT2D eigenvalue weighted by Gasteiger charge is -2.58. The summed E-state index contributed by atoms with van der Waals surface area (Å²) in [4.78, 5) is 60.6. The van der Waals surface area contributed by atoms with Crippen molar-refractivity contribution in [2.75, 3.05) is 26.4 Å². The number of hydrogen-bond donors (Lipinski definition) is 17. The number of ketones is 1. The van der Waals surface area contributed by atoms with E-state index in [-0.39, 0.29) is 58.0 Å². The monoisotopic (exact) mass is 1250 g/mol. The topological polar surface area (TPSA) is 441 Å². The Morgan fingerprint density at radius 3 is 2.37 bits per heavy atom. The zero-order valence-corrected chi connectivity index (χ0v) is 48.6. The summed E-state index contributed by atoms with van der Waals surface area (Å²) in [6, 6.07) is 6.24. The number of H-pyrrole nitrogens is 1. The van der Waals surface area contributed by atoms with E-state index in [1.807, 2.05) is 6.08 Å². The number of carbonyl (C=O) groups excluding carboxylic acids is 2. The third kappa shape index (κ3) is 9.71. The van der Waals surface area contributed by atoms with Crippen LogP contribution in [0.5, 0.6) is 23.0 Å². The molecule has 2 aliphatic carbocycles. The van der Waals surface area contributed by atoms with Gasteiger partial charge in [0.25, 0.3) is 11.4 Å². The fraction of sp³-hybridized carbons (Fsp3) is 0.500. The second-order valence-corrected chi connectivity index (χ2v) is 24.9. The first-order valence-corrected chi connectivity index (χ1v) is 29.8. The number of ether oxygens (including phenoxy) is 4. The quantitative estimate of drug-likeness (QED) is 0.0274. The fourth-order valence-electron chi connectivity index (χ4n) is 14.4. The largest absolute Gasteiger partial charge is 0.507 e. The molecule has 13 rings (SSSR count). The molecule has 13 atom stereocenters. The zero-order valence-electron chi connectivity index (χ0n) is 48.6. The maximum Gasteiger partial charge on any atom is 0.354 e. The number of dihydropyridines is 1. The Morgan fingerprint density at radius 1 is 0.878 bits per heavy atom. The van der Waals surface area contributed by atoms with Crippen LogP contribution >= 0.6 is 0 Å². The fourth-order valence-corrected chi connectivity index (χ4v) is 14.4. The highest BCUT2D eigenvalue weighted by molar-refractivity contribution is 5.90. The summed E-state index contributed by atoms with van der Waals surface area (Å²) in [6.07, 6.45) is -6.78. The molecular formula is C64H69N3O23. The van der Waals surface area contributed by atoms with Crippen molar-refractivity contribution < 1.29 is 109 Å². The molecule has 1 saturated carbocycles. The van der Waals surface area contributed by atoms with Crippen molar-refractivity contribution in [3.05, 3.63) is 104 Å². The van der Waals surface area contributed by atoms with Crippen molar-refractivity contribution in [3.8, 4) is 58.0 Å². The average molecular weight is 1250 g/mol. The van der Waals surface area contributed by atoms with Gasteiger partial charge in [0.2, 0.25) is 17.2 Å². The number of aliphatic carboxylic acids is 1. The summed E-state index contributed by atoms with van der Waals surface area (Å²) in [6.45, 7) is 0.108. The van der Waals surface area contributed by atoms with Crippen LogP contribution in [0.15, 0.2) is 80.3 Å². The molecule has 2 aromatic carbocycles. The predicted molar refractivity (Wildman–Crippen MR) is 309 cm³/mol. The van der Waals surface area contributed by atoms with Crippen LogP contribution in [0.25, 0.3) is 22.3 Å². The second kappa shape index (κ2) is 22.9. The third-order valence-corrected chi connectivity index (χ3v) is 19.3. The molecule has 478 valence electrons. The van der Waals surface area contributed by atoms with E-state index in [0.717, 1.165) is 49.8 Å². The Hall–Kier alpha value is -7.64. The summed E-state index contributed by atoms with van der Waals surface area (Å²) in [5.74, 6) is -11.3. The molecule has 2 spiro atoms. The van der Waals surface area contributed by atoms with E-state index >= 15 is 4.79 Å². The van der Waals surface area contributed by atoms with Crippen LogP contribution < -0.4 is 20.8 Å². The molecule has 26 nitrogen and oxygen atoms in total. The number of benzene rings is 2. The number of rotatable bonds is 13. The standard InChI is InChI=1S/C64H69N3O23/c1-30-9-15-66-56-38(30)24-39(42(67-56)19-31-6-2-3-7-31)40-22-36-23-41-33(10-16-65-41)8-4-12-59(83)52(76)54(78)63(36,87-47-26-46-49(51(75)48(40)47)43(72)25-45(86-46)35-20-34(11-17-68)50(74)44(73)21-35)90-61(59)14-5-13-60(57(80)81)64(84,85)55(79)53(77)62(89-60,88-58(61)82)27-32(28-69)18-37(71)29-70/h10,16,20-22,24-26,30-32,40,52-56,65-70,73-79,83-85H,2-3,6-7,9,11-12,14-15,17-19,23,27-29H2,1H3,(H,80,81). The van der Waals surface area contributed by atoms with Crippen LogP contribution in [0.3, 0.4) is 0 Å². The van der Waals surface area contributed by atoms with Gasteiger partial charge in [-0.2, -0.15) is 0 Å². The van der Waals surface area contributed by atoms with Gasteiger partial charge < -0.3 is 105 Å². The molecule has 9 aliphatic rings. The van der Waals surface area contributed by atoms with Crippen LogP contribution in [-0.2, 0) is 41.4 Å². The molecule has 4 aromatic rings. The van der Waals surface area contributed by atoms with Gasteiger partial charge in [-0.25, -0.2) is 9.59 Å². The van der Waals surface area contributed by atoms with Gasteiger partial charge in [0, 0.05) is 102 Å². The van der Waals surface area contributed by atoms with Crippen LogP contribution in [0.2, 0.25) is 0 Å². The first-order valence-electron chi connectivity index (χ1n) is 29.8. The first kappa shape index (κ1) is 62.5. The first-order chi connectivity index (χ1) is 42.8. The van der Waals surface area contributed by atoms with Crippen LogP contribution in [0.1, 0.15) is 99.4 Å². The highest BCUT2D eigenvalue weighted by Gasteiger charge is 2.78. The SMILES string of the molecule is CC1CCNC2NC(CC3CCCC3)=C(C3C=C4Cc5[nH]ccc5C#CCC5(O)C(O)C(O)C4(Oc4cc6oc(-c7cc(O)c(O)c(CCO)c7)cc(=O)c6c(O)c43)OC53CC#CC4(C(=O)O)OC(CC(CO)CC(=O)CO)(OC3=O)C(O)C(O)C4(O)O)C=C12. The minimum Gasteiger partial charge on any atom is -0.507 e. The van der Waals surface area contributed by atoms with Crippen molar-refractivity contribution in [1.82, 2.24) is 15.6 Å². The summed E-state index contributed by atoms with van der Waals surface area (Å²) in [7, 11) is 0. The van der Waals surface area contributed by atoms with Crippen molar-refractivity contribution in [1.29, 1.82) is 0 Å². The molecule has 7 aliphatic heterocycles. The number of carbonyl (C=O) groups is 3. The van der Waals surface area contributed by atoms with E-state index in [4.69, 9.17) is 23.4 Å². The zero-order chi connectivity index (χ0) is 64.2. The Kier molecular flexibility index (Phi) is 15.9. The van der Waals surface area contributed by atoms with Gasteiger partial charge in [0.1, 0.15) is 52.6 Å². The van der Waals surface area contributed by atoms with Gasteiger partial charge in [0.15, 0.2) is 34.9 Å². The lowest BCUT2D eigenvalue weighted by molar-refractivity contribution is -0.434. The number of aliphatic hydroxyl groups is 10. The highest BCUT2D eigenvalue weighted by Crippen LogP contribution is 2.58. The lowest BCUT2D eigenvalue weighted by atomic mass is 9.67. The van der Waals surface area contributed by atoms with Crippen molar-refractivity contribution in [2.45, 2.75) is 155 Å². The minimum atomic E-state index is -4.12. The van der Waals surface area contributed by atoms with Gasteiger partial charge in [-0.1, -0.05) is 62.5 Å². The van der Waals surface area contributed by atoms with Gasteiger partial charge in [-0.15, -0.1) is 0 Å². The number of nitrogens with one attached hydrogen (secondary N) is 3. The number of fused-ring (bicyclic) bond motifs is 7. The van der Waals surface area contributed by atoms with Crippen molar-refractivity contribution in [2.24, 2.45) is 17.8 Å².